The molecule has 5 heteroatoms. The number of fused-ring (bicyclic) bond motifs is 1. The summed E-state index contributed by atoms with van der Waals surface area (Å²) < 4.78 is 18.5. The third kappa shape index (κ3) is 2.58. The first-order chi connectivity index (χ1) is 10.0. The maximum absolute atomic E-state index is 13.0. The first-order valence-corrected chi connectivity index (χ1v) is 6.39. The van der Waals surface area contributed by atoms with Gasteiger partial charge in [-0.15, -0.1) is 0 Å². The van der Waals surface area contributed by atoms with Crippen LogP contribution in [0.2, 0.25) is 0 Å². The number of nitrogen functional groups attached to an aromatic ring is 1. The van der Waals surface area contributed by atoms with Gasteiger partial charge in [-0.05, 0) is 43.3 Å². The quantitative estimate of drug-likeness (QED) is 0.705. The summed E-state index contributed by atoms with van der Waals surface area (Å²) in [5.41, 5.74) is 7.88. The lowest BCUT2D eigenvalue weighted by molar-refractivity contribution is 0.0998. The van der Waals surface area contributed by atoms with E-state index in [-0.39, 0.29) is 11.4 Å². The molecular formula is C16H13FN2O2. The number of carbonyl (C=O) groups excluding carboxylic acids is 1. The Morgan fingerprint density at radius 3 is 2.76 bits per heavy atom. The van der Waals surface area contributed by atoms with Crippen molar-refractivity contribution in [3.63, 3.8) is 0 Å². The van der Waals surface area contributed by atoms with E-state index in [0.29, 0.717) is 11.3 Å². The summed E-state index contributed by atoms with van der Waals surface area (Å²) in [5.74, 6) is -0.703. The Labute approximate surface area is 120 Å². The molecule has 0 spiro atoms. The Kier molecular flexibility index (Phi) is 3.10. The van der Waals surface area contributed by atoms with E-state index >= 15 is 0 Å². The number of hydrogen-bond donors (Lipinski definition) is 2. The minimum absolute atomic E-state index is 0.162. The van der Waals surface area contributed by atoms with E-state index in [1.807, 2.05) is 25.1 Å². The normalized spacial score (nSPS) is 10.8. The summed E-state index contributed by atoms with van der Waals surface area (Å²) in [7, 11) is 0. The summed E-state index contributed by atoms with van der Waals surface area (Å²) >= 11 is 0. The van der Waals surface area contributed by atoms with Gasteiger partial charge < -0.3 is 15.5 Å². The SMILES string of the molecule is Cc1ccc2oc(C(=O)Nc3ccc(F)cc3N)cc2c1. The molecule has 3 aromatic rings. The molecule has 0 fully saturated rings. The number of rotatable bonds is 2. The van der Waals surface area contributed by atoms with Crippen LogP contribution in [0.3, 0.4) is 0 Å². The number of amides is 1. The second-order valence-corrected chi connectivity index (χ2v) is 4.84. The van der Waals surface area contributed by atoms with E-state index < -0.39 is 11.7 Å². The van der Waals surface area contributed by atoms with Crippen molar-refractivity contribution >= 4 is 28.3 Å². The Morgan fingerprint density at radius 2 is 2.00 bits per heavy atom. The van der Waals surface area contributed by atoms with Crippen molar-refractivity contribution in [2.75, 3.05) is 11.1 Å². The Bertz CT molecular complexity index is 839. The summed E-state index contributed by atoms with van der Waals surface area (Å²) in [4.78, 5) is 12.2. The summed E-state index contributed by atoms with van der Waals surface area (Å²) in [5, 5.41) is 3.46. The molecule has 0 saturated heterocycles. The van der Waals surface area contributed by atoms with Gasteiger partial charge in [-0.2, -0.15) is 0 Å². The highest BCUT2D eigenvalue weighted by Crippen LogP contribution is 2.23. The second kappa shape index (κ2) is 4.94. The molecule has 2 aromatic carbocycles. The fourth-order valence-corrected chi connectivity index (χ4v) is 2.11. The molecule has 4 nitrogen and oxygen atoms in total. The van der Waals surface area contributed by atoms with Crippen LogP contribution in [0.5, 0.6) is 0 Å². The Hall–Kier alpha value is -2.82. The molecule has 106 valence electrons. The molecule has 1 heterocycles. The van der Waals surface area contributed by atoms with Crippen LogP contribution in [0.25, 0.3) is 11.0 Å². The van der Waals surface area contributed by atoms with Crippen molar-refractivity contribution in [2.45, 2.75) is 6.92 Å². The minimum Gasteiger partial charge on any atom is -0.451 e. The van der Waals surface area contributed by atoms with E-state index in [9.17, 15) is 9.18 Å². The lowest BCUT2D eigenvalue weighted by atomic mass is 10.2. The second-order valence-electron chi connectivity index (χ2n) is 4.84. The van der Waals surface area contributed by atoms with Crippen LogP contribution in [0.15, 0.2) is 46.9 Å². The van der Waals surface area contributed by atoms with Crippen LogP contribution in [0.4, 0.5) is 15.8 Å². The molecule has 0 aliphatic carbocycles. The lowest BCUT2D eigenvalue weighted by Gasteiger charge is -2.06. The number of anilines is 2. The maximum Gasteiger partial charge on any atom is 0.291 e. The predicted octanol–water partition coefficient (Wildman–Crippen LogP) is 3.71. The zero-order valence-electron chi connectivity index (χ0n) is 11.3. The number of furan rings is 1. The molecule has 1 amide bonds. The van der Waals surface area contributed by atoms with Gasteiger partial charge in [0, 0.05) is 5.39 Å². The molecule has 0 radical (unpaired) electrons. The van der Waals surface area contributed by atoms with Crippen LogP contribution in [-0.2, 0) is 0 Å². The topological polar surface area (TPSA) is 68.3 Å². The minimum atomic E-state index is -0.454. The molecule has 0 aliphatic rings. The third-order valence-electron chi connectivity index (χ3n) is 3.16. The molecule has 0 aliphatic heterocycles. The van der Waals surface area contributed by atoms with Crippen molar-refractivity contribution in [2.24, 2.45) is 0 Å². The van der Waals surface area contributed by atoms with E-state index in [4.69, 9.17) is 10.2 Å². The molecule has 0 atom stereocenters. The maximum atomic E-state index is 13.0. The van der Waals surface area contributed by atoms with E-state index in [1.165, 1.54) is 12.1 Å². The fraction of sp³-hybridized carbons (Fsp3) is 0.0625. The molecule has 1 aromatic heterocycles. The molecule has 3 N–H and O–H groups in total. The molecule has 21 heavy (non-hydrogen) atoms. The summed E-state index contributed by atoms with van der Waals surface area (Å²) in [6.45, 7) is 1.96. The number of aryl methyl sites for hydroxylation is 1. The highest BCUT2D eigenvalue weighted by molar-refractivity contribution is 6.06. The van der Waals surface area contributed by atoms with Gasteiger partial charge in [0.1, 0.15) is 11.4 Å². The number of nitrogens with one attached hydrogen (secondary N) is 1. The van der Waals surface area contributed by atoms with Crippen LogP contribution >= 0.6 is 0 Å². The van der Waals surface area contributed by atoms with Crippen molar-refractivity contribution in [3.8, 4) is 0 Å². The van der Waals surface area contributed by atoms with E-state index in [0.717, 1.165) is 17.0 Å². The van der Waals surface area contributed by atoms with Crippen molar-refractivity contribution < 1.29 is 13.6 Å². The summed E-state index contributed by atoms with van der Waals surface area (Å²) in [6, 6.07) is 11.1. The van der Waals surface area contributed by atoms with E-state index in [2.05, 4.69) is 5.32 Å². The average molecular weight is 284 g/mol. The van der Waals surface area contributed by atoms with Gasteiger partial charge in [-0.1, -0.05) is 11.6 Å². The van der Waals surface area contributed by atoms with Gasteiger partial charge in [0.15, 0.2) is 5.76 Å². The van der Waals surface area contributed by atoms with E-state index in [1.54, 1.807) is 6.07 Å². The van der Waals surface area contributed by atoms with Gasteiger partial charge in [-0.3, -0.25) is 4.79 Å². The first kappa shape index (κ1) is 13.2. The van der Waals surface area contributed by atoms with Gasteiger partial charge in [0.05, 0.1) is 11.4 Å². The van der Waals surface area contributed by atoms with Crippen LogP contribution in [0, 0.1) is 12.7 Å². The van der Waals surface area contributed by atoms with Crippen molar-refractivity contribution in [1.29, 1.82) is 0 Å². The number of hydrogen-bond acceptors (Lipinski definition) is 3. The van der Waals surface area contributed by atoms with Crippen molar-refractivity contribution in [1.82, 2.24) is 0 Å². The monoisotopic (exact) mass is 284 g/mol. The lowest BCUT2D eigenvalue weighted by Crippen LogP contribution is -2.12. The number of nitrogens with two attached hydrogens (primary N) is 1. The van der Waals surface area contributed by atoms with Gasteiger partial charge in [0.2, 0.25) is 0 Å². The largest absolute Gasteiger partial charge is 0.451 e. The number of halogens is 1. The van der Waals surface area contributed by atoms with Crippen LogP contribution in [-0.4, -0.2) is 5.91 Å². The Morgan fingerprint density at radius 1 is 1.19 bits per heavy atom. The van der Waals surface area contributed by atoms with Gasteiger partial charge in [-0.25, -0.2) is 4.39 Å². The Balaban J connectivity index is 1.89. The number of benzene rings is 2. The molecular weight excluding hydrogens is 271 g/mol. The molecule has 3 rings (SSSR count). The molecule has 0 saturated carbocycles. The average Bonchev–Trinajstić information content (AvgIpc) is 2.85. The molecule has 0 bridgehead atoms. The van der Waals surface area contributed by atoms with Gasteiger partial charge >= 0.3 is 0 Å². The zero-order chi connectivity index (χ0) is 15.0. The molecule has 0 unspecified atom stereocenters. The summed E-state index contributed by atoms with van der Waals surface area (Å²) in [6.07, 6.45) is 0. The fourth-order valence-electron chi connectivity index (χ4n) is 2.11. The first-order valence-electron chi connectivity index (χ1n) is 6.39. The highest BCUT2D eigenvalue weighted by atomic mass is 19.1. The van der Waals surface area contributed by atoms with Gasteiger partial charge in [0.25, 0.3) is 5.91 Å². The predicted molar refractivity (Wildman–Crippen MR) is 79.7 cm³/mol. The third-order valence-corrected chi connectivity index (χ3v) is 3.16. The van der Waals surface area contributed by atoms with Crippen LogP contribution in [0.1, 0.15) is 16.1 Å². The zero-order valence-corrected chi connectivity index (χ0v) is 11.3. The highest BCUT2D eigenvalue weighted by Gasteiger charge is 2.14. The standard InChI is InChI=1S/C16H13FN2O2/c1-9-2-5-14-10(6-9)7-15(21-14)16(20)19-13-4-3-11(17)8-12(13)18/h2-8H,18H2,1H3,(H,19,20). The van der Waals surface area contributed by atoms with Crippen LogP contribution < -0.4 is 11.1 Å². The number of carbonyl (C=O) groups is 1. The van der Waals surface area contributed by atoms with Crippen molar-refractivity contribution in [3.05, 3.63) is 59.6 Å². The smallest absolute Gasteiger partial charge is 0.291 e.